The lowest BCUT2D eigenvalue weighted by Gasteiger charge is -2.37. The molecular weight excluding hydrogens is 681 g/mol. The third-order valence-electron chi connectivity index (χ3n) is 11.7. The summed E-state index contributed by atoms with van der Waals surface area (Å²) < 4.78 is 0. The third kappa shape index (κ3) is 9.57. The summed E-state index contributed by atoms with van der Waals surface area (Å²) in [5, 5.41) is 8.20. The second kappa shape index (κ2) is 20.4. The van der Waals surface area contributed by atoms with Gasteiger partial charge in [-0.3, -0.25) is 10.6 Å². The average molecular weight is 741 g/mol. The van der Waals surface area contributed by atoms with Crippen molar-refractivity contribution < 1.29 is 0 Å². The minimum Gasteiger partial charge on any atom is -0.303 e. The van der Waals surface area contributed by atoms with Crippen LogP contribution in [0.5, 0.6) is 0 Å². The highest BCUT2D eigenvalue weighted by molar-refractivity contribution is 5.50. The summed E-state index contributed by atoms with van der Waals surface area (Å²) in [6, 6.07) is 65.9. The van der Waals surface area contributed by atoms with Crippen molar-refractivity contribution in [3.8, 4) is 0 Å². The van der Waals surface area contributed by atoms with Crippen molar-refractivity contribution in [2.75, 3.05) is 52.4 Å². The molecule has 1 aliphatic rings. The van der Waals surface area contributed by atoms with Crippen molar-refractivity contribution >= 4 is 0 Å². The number of rotatable bonds is 16. The summed E-state index contributed by atoms with van der Waals surface area (Å²) in [6.07, 6.45) is 7.24. The van der Waals surface area contributed by atoms with Crippen molar-refractivity contribution in [3.05, 3.63) is 215 Å². The fourth-order valence-electron chi connectivity index (χ4n) is 8.91. The Hall–Kier alpha value is -4.84. The van der Waals surface area contributed by atoms with Gasteiger partial charge in [0.1, 0.15) is 0 Å². The number of nitrogens with one attached hydrogen (secondary N) is 2. The van der Waals surface area contributed by atoms with Crippen LogP contribution in [-0.4, -0.2) is 62.2 Å². The molecule has 1 heterocycles. The Balaban J connectivity index is 0.923. The molecule has 0 saturated carbocycles. The number of benzene rings is 6. The Kier molecular flexibility index (Phi) is 14.3. The Morgan fingerprint density at radius 1 is 0.321 bits per heavy atom. The zero-order valence-electron chi connectivity index (χ0n) is 33.1. The molecule has 0 atom stereocenters. The Bertz CT molecular complexity index is 1600. The minimum atomic E-state index is -0.402. The van der Waals surface area contributed by atoms with E-state index in [0.717, 1.165) is 39.0 Å². The molecule has 0 spiro atoms. The van der Waals surface area contributed by atoms with Crippen LogP contribution in [-0.2, 0) is 11.1 Å². The smallest absolute Gasteiger partial charge is 0.0947 e. The van der Waals surface area contributed by atoms with E-state index >= 15 is 0 Å². The molecule has 4 heteroatoms. The lowest BCUT2D eigenvalue weighted by molar-refractivity contribution is 0.206. The van der Waals surface area contributed by atoms with Gasteiger partial charge in [0, 0.05) is 0 Å². The molecule has 0 amide bonds. The van der Waals surface area contributed by atoms with Gasteiger partial charge in [0.2, 0.25) is 0 Å². The van der Waals surface area contributed by atoms with E-state index in [1.54, 1.807) is 0 Å². The fraction of sp³-hybridized carbons (Fsp3) is 0.308. The number of hydrogen-bond donors (Lipinski definition) is 2. The lowest BCUT2D eigenvalue weighted by Crippen LogP contribution is -2.46. The van der Waals surface area contributed by atoms with Gasteiger partial charge in [0.05, 0.1) is 11.1 Å². The first kappa shape index (κ1) is 39.4. The molecule has 1 fully saturated rings. The second-order valence-electron chi connectivity index (χ2n) is 15.4. The predicted octanol–water partition coefficient (Wildman–Crippen LogP) is 10.1. The van der Waals surface area contributed by atoms with Crippen LogP contribution in [0.4, 0.5) is 0 Å². The topological polar surface area (TPSA) is 30.5 Å². The average Bonchev–Trinajstić information content (AvgIpc) is 3.28. The largest absolute Gasteiger partial charge is 0.303 e. The molecule has 0 bridgehead atoms. The van der Waals surface area contributed by atoms with Gasteiger partial charge in [-0.1, -0.05) is 182 Å². The molecule has 0 aromatic heterocycles. The molecule has 7 rings (SSSR count). The van der Waals surface area contributed by atoms with E-state index < -0.39 is 11.1 Å². The van der Waals surface area contributed by atoms with Gasteiger partial charge in [0.25, 0.3) is 0 Å². The first-order chi connectivity index (χ1) is 27.8. The molecule has 4 nitrogen and oxygen atoms in total. The Morgan fingerprint density at radius 2 is 0.536 bits per heavy atom. The van der Waals surface area contributed by atoms with Gasteiger partial charge in [0.15, 0.2) is 0 Å². The van der Waals surface area contributed by atoms with Crippen LogP contribution in [0.2, 0.25) is 0 Å². The Morgan fingerprint density at radius 3 is 0.750 bits per heavy atom. The standard InChI is InChI=1S/C52H60N4/c1-7-25-45(26-8-1)51(46-27-9-2-10-28-46,47-29-11-3-12-30-47)53-37-23-43-55-39-19-21-41-56(42-22-20-40-55)44-24-38-54-52(48-31-13-4-14-32-48,49-33-15-5-16-34-49)50-35-17-6-18-36-50/h1-18,25-36,53-54H,19-24,37-44H2. The van der Waals surface area contributed by atoms with Gasteiger partial charge in [-0.2, -0.15) is 0 Å². The number of nitrogens with zero attached hydrogens (tertiary/aromatic N) is 2. The summed E-state index contributed by atoms with van der Waals surface area (Å²) >= 11 is 0. The van der Waals surface area contributed by atoms with Crippen molar-refractivity contribution in [2.24, 2.45) is 0 Å². The maximum Gasteiger partial charge on any atom is 0.0947 e. The van der Waals surface area contributed by atoms with E-state index in [2.05, 4.69) is 202 Å². The molecule has 1 saturated heterocycles. The summed E-state index contributed by atoms with van der Waals surface area (Å²) in [7, 11) is 0. The molecule has 0 unspecified atom stereocenters. The summed E-state index contributed by atoms with van der Waals surface area (Å²) in [5.74, 6) is 0. The molecule has 1 aliphatic heterocycles. The minimum absolute atomic E-state index is 0.402. The second-order valence-corrected chi connectivity index (χ2v) is 15.4. The zero-order valence-corrected chi connectivity index (χ0v) is 33.1. The molecule has 0 aliphatic carbocycles. The highest BCUT2D eigenvalue weighted by atomic mass is 15.1. The molecular formula is C52H60N4. The summed E-state index contributed by atoms with van der Waals surface area (Å²) in [6.45, 7) is 8.88. The van der Waals surface area contributed by atoms with Crippen LogP contribution in [0, 0.1) is 0 Å². The van der Waals surface area contributed by atoms with E-state index in [9.17, 15) is 0 Å². The quantitative estimate of drug-likeness (QED) is 0.0764. The van der Waals surface area contributed by atoms with Crippen LogP contribution >= 0.6 is 0 Å². The first-order valence-corrected chi connectivity index (χ1v) is 21.1. The van der Waals surface area contributed by atoms with E-state index in [4.69, 9.17) is 0 Å². The van der Waals surface area contributed by atoms with E-state index in [0.29, 0.717) is 0 Å². The Labute approximate surface area is 336 Å². The van der Waals surface area contributed by atoms with Crippen LogP contribution in [0.25, 0.3) is 0 Å². The predicted molar refractivity (Wildman–Crippen MR) is 235 cm³/mol. The van der Waals surface area contributed by atoms with Crippen LogP contribution in [0.1, 0.15) is 71.9 Å². The van der Waals surface area contributed by atoms with Gasteiger partial charge >= 0.3 is 0 Å². The van der Waals surface area contributed by atoms with Crippen LogP contribution in [0.15, 0.2) is 182 Å². The van der Waals surface area contributed by atoms with Gasteiger partial charge in [-0.15, -0.1) is 0 Å². The first-order valence-electron chi connectivity index (χ1n) is 21.1. The number of hydrogen-bond acceptors (Lipinski definition) is 4. The normalized spacial score (nSPS) is 15.0. The summed E-state index contributed by atoms with van der Waals surface area (Å²) in [4.78, 5) is 5.46. The maximum absolute atomic E-state index is 4.10. The molecule has 2 N–H and O–H groups in total. The van der Waals surface area contributed by atoms with Crippen molar-refractivity contribution in [1.82, 2.24) is 20.4 Å². The van der Waals surface area contributed by atoms with Crippen molar-refractivity contribution in [3.63, 3.8) is 0 Å². The fourth-order valence-corrected chi connectivity index (χ4v) is 8.91. The van der Waals surface area contributed by atoms with Crippen molar-refractivity contribution in [1.29, 1.82) is 0 Å². The van der Waals surface area contributed by atoms with E-state index in [1.165, 1.54) is 85.2 Å². The van der Waals surface area contributed by atoms with Crippen molar-refractivity contribution in [2.45, 2.75) is 49.6 Å². The lowest BCUT2D eigenvalue weighted by atomic mass is 9.77. The van der Waals surface area contributed by atoms with Crippen LogP contribution in [0.3, 0.4) is 0 Å². The SMILES string of the molecule is c1ccc(C(NCCCN2CCCCN(CCCNC(c3ccccc3)(c3ccccc3)c3ccccc3)CCCC2)(c2ccccc2)c2ccccc2)cc1. The molecule has 6 aromatic carbocycles. The summed E-state index contributed by atoms with van der Waals surface area (Å²) in [5.41, 5.74) is 6.86. The molecule has 0 radical (unpaired) electrons. The van der Waals surface area contributed by atoms with Gasteiger partial charge in [-0.25, -0.2) is 0 Å². The maximum atomic E-state index is 4.10. The monoisotopic (exact) mass is 740 g/mol. The van der Waals surface area contributed by atoms with Crippen LogP contribution < -0.4 is 10.6 Å². The molecule has 288 valence electrons. The highest BCUT2D eigenvalue weighted by Crippen LogP contribution is 2.38. The highest BCUT2D eigenvalue weighted by Gasteiger charge is 2.36. The van der Waals surface area contributed by atoms with E-state index in [1.807, 2.05) is 0 Å². The molecule has 56 heavy (non-hydrogen) atoms. The zero-order chi connectivity index (χ0) is 38.1. The van der Waals surface area contributed by atoms with Gasteiger partial charge in [-0.05, 0) is 124 Å². The van der Waals surface area contributed by atoms with E-state index in [-0.39, 0.29) is 0 Å². The third-order valence-corrected chi connectivity index (χ3v) is 11.7. The van der Waals surface area contributed by atoms with Gasteiger partial charge < -0.3 is 9.80 Å². The molecule has 6 aromatic rings.